The third kappa shape index (κ3) is 3.61. The van der Waals surface area contributed by atoms with E-state index in [-0.39, 0.29) is 5.41 Å². The first kappa shape index (κ1) is 11.5. The standard InChI is InChI=1S/C12H17N3/c1-12(2,8-14)9-15-11-5-3-10(7-13)4-6-11/h3-6,15H,8-9,14H2,1-2H3. The lowest BCUT2D eigenvalue weighted by Gasteiger charge is -2.23. The molecule has 3 N–H and O–H groups in total. The van der Waals surface area contributed by atoms with Gasteiger partial charge in [0.05, 0.1) is 11.6 Å². The highest BCUT2D eigenvalue weighted by Gasteiger charge is 2.14. The van der Waals surface area contributed by atoms with Crippen molar-refractivity contribution in [1.29, 1.82) is 5.26 Å². The van der Waals surface area contributed by atoms with Gasteiger partial charge < -0.3 is 11.1 Å². The van der Waals surface area contributed by atoms with Gasteiger partial charge in [0.2, 0.25) is 0 Å². The molecule has 0 aliphatic carbocycles. The van der Waals surface area contributed by atoms with Gasteiger partial charge in [0, 0.05) is 12.2 Å². The van der Waals surface area contributed by atoms with Crippen molar-refractivity contribution in [2.24, 2.45) is 11.1 Å². The van der Waals surface area contributed by atoms with Crippen LogP contribution in [-0.2, 0) is 0 Å². The van der Waals surface area contributed by atoms with E-state index in [1.165, 1.54) is 0 Å². The Kier molecular flexibility index (Phi) is 3.70. The maximum absolute atomic E-state index is 8.64. The first-order valence-electron chi connectivity index (χ1n) is 5.01. The molecule has 0 saturated heterocycles. The second-order valence-corrected chi connectivity index (χ2v) is 4.41. The van der Waals surface area contributed by atoms with Crippen LogP contribution in [0.4, 0.5) is 5.69 Å². The Morgan fingerprint density at radius 2 is 1.93 bits per heavy atom. The van der Waals surface area contributed by atoms with Gasteiger partial charge in [-0.05, 0) is 36.2 Å². The monoisotopic (exact) mass is 203 g/mol. The minimum atomic E-state index is 0.0912. The van der Waals surface area contributed by atoms with Gasteiger partial charge in [0.15, 0.2) is 0 Å². The second kappa shape index (κ2) is 4.81. The van der Waals surface area contributed by atoms with Crippen LogP contribution in [0.15, 0.2) is 24.3 Å². The lowest BCUT2D eigenvalue weighted by Crippen LogP contribution is -2.31. The number of anilines is 1. The molecular formula is C12H17N3. The van der Waals surface area contributed by atoms with E-state index in [2.05, 4.69) is 25.2 Å². The molecular weight excluding hydrogens is 186 g/mol. The van der Waals surface area contributed by atoms with Crippen LogP contribution in [0.25, 0.3) is 0 Å². The number of nitrogens with one attached hydrogen (secondary N) is 1. The van der Waals surface area contributed by atoms with Crippen molar-refractivity contribution in [3.8, 4) is 6.07 Å². The largest absolute Gasteiger partial charge is 0.384 e. The molecule has 0 bridgehead atoms. The Hall–Kier alpha value is -1.53. The summed E-state index contributed by atoms with van der Waals surface area (Å²) in [6, 6.07) is 9.51. The molecule has 0 amide bonds. The molecule has 0 saturated carbocycles. The molecule has 1 aromatic rings. The summed E-state index contributed by atoms with van der Waals surface area (Å²) in [4.78, 5) is 0. The topological polar surface area (TPSA) is 61.8 Å². The average molecular weight is 203 g/mol. The lowest BCUT2D eigenvalue weighted by atomic mass is 9.94. The Balaban J connectivity index is 2.56. The fraction of sp³-hybridized carbons (Fsp3) is 0.417. The van der Waals surface area contributed by atoms with E-state index in [1.807, 2.05) is 12.1 Å². The SMILES string of the molecule is CC(C)(CN)CNc1ccc(C#N)cc1. The molecule has 0 radical (unpaired) electrons. The molecule has 0 spiro atoms. The fourth-order valence-corrected chi connectivity index (χ4v) is 1.08. The maximum Gasteiger partial charge on any atom is 0.0991 e. The van der Waals surface area contributed by atoms with E-state index in [9.17, 15) is 0 Å². The van der Waals surface area contributed by atoms with E-state index >= 15 is 0 Å². The zero-order valence-corrected chi connectivity index (χ0v) is 9.25. The summed E-state index contributed by atoms with van der Waals surface area (Å²) in [5, 5.41) is 11.9. The quantitative estimate of drug-likeness (QED) is 0.786. The van der Waals surface area contributed by atoms with Crippen LogP contribution >= 0.6 is 0 Å². The average Bonchev–Trinajstić information content (AvgIpc) is 2.27. The van der Waals surface area contributed by atoms with Crippen LogP contribution in [0.5, 0.6) is 0 Å². The fourth-order valence-electron chi connectivity index (χ4n) is 1.08. The summed E-state index contributed by atoms with van der Waals surface area (Å²) in [6.07, 6.45) is 0. The van der Waals surface area contributed by atoms with Crippen molar-refractivity contribution in [2.75, 3.05) is 18.4 Å². The molecule has 0 aromatic heterocycles. The van der Waals surface area contributed by atoms with Gasteiger partial charge in [-0.25, -0.2) is 0 Å². The van der Waals surface area contributed by atoms with Gasteiger partial charge in [-0.15, -0.1) is 0 Å². The molecule has 1 aromatic carbocycles. The summed E-state index contributed by atoms with van der Waals surface area (Å²) >= 11 is 0. The molecule has 0 atom stereocenters. The number of rotatable bonds is 4. The van der Waals surface area contributed by atoms with Crippen molar-refractivity contribution in [2.45, 2.75) is 13.8 Å². The molecule has 80 valence electrons. The first-order valence-corrected chi connectivity index (χ1v) is 5.01. The molecule has 1 rings (SSSR count). The first-order chi connectivity index (χ1) is 7.07. The highest BCUT2D eigenvalue weighted by atomic mass is 14.9. The zero-order valence-electron chi connectivity index (χ0n) is 9.25. The van der Waals surface area contributed by atoms with Crippen LogP contribution < -0.4 is 11.1 Å². The van der Waals surface area contributed by atoms with Gasteiger partial charge in [0.1, 0.15) is 0 Å². The Morgan fingerprint density at radius 3 is 2.40 bits per heavy atom. The number of benzene rings is 1. The molecule has 3 heteroatoms. The van der Waals surface area contributed by atoms with Gasteiger partial charge >= 0.3 is 0 Å². The Bertz CT molecular complexity index is 346. The molecule has 0 heterocycles. The van der Waals surface area contributed by atoms with Crippen molar-refractivity contribution in [1.82, 2.24) is 0 Å². The predicted molar refractivity (Wildman–Crippen MR) is 62.5 cm³/mol. The molecule has 0 aliphatic rings. The summed E-state index contributed by atoms with van der Waals surface area (Å²) < 4.78 is 0. The highest BCUT2D eigenvalue weighted by Crippen LogP contribution is 2.15. The summed E-state index contributed by atoms with van der Waals surface area (Å²) in [5.41, 5.74) is 7.43. The predicted octanol–water partition coefficient (Wildman–Crippen LogP) is 1.96. The maximum atomic E-state index is 8.64. The minimum absolute atomic E-state index is 0.0912. The van der Waals surface area contributed by atoms with E-state index in [4.69, 9.17) is 11.0 Å². The van der Waals surface area contributed by atoms with Crippen LogP contribution in [0.3, 0.4) is 0 Å². The summed E-state index contributed by atoms with van der Waals surface area (Å²) in [7, 11) is 0. The third-order valence-corrected chi connectivity index (χ3v) is 2.34. The number of nitriles is 1. The van der Waals surface area contributed by atoms with Crippen LogP contribution in [0.1, 0.15) is 19.4 Å². The third-order valence-electron chi connectivity index (χ3n) is 2.34. The molecule has 15 heavy (non-hydrogen) atoms. The smallest absolute Gasteiger partial charge is 0.0991 e. The van der Waals surface area contributed by atoms with Gasteiger partial charge in [-0.2, -0.15) is 5.26 Å². The molecule has 0 fully saturated rings. The van der Waals surface area contributed by atoms with Crippen LogP contribution in [-0.4, -0.2) is 13.1 Å². The van der Waals surface area contributed by atoms with E-state index < -0.39 is 0 Å². The molecule has 0 aliphatic heterocycles. The number of nitrogens with two attached hydrogens (primary N) is 1. The number of nitrogens with zero attached hydrogens (tertiary/aromatic N) is 1. The minimum Gasteiger partial charge on any atom is -0.384 e. The second-order valence-electron chi connectivity index (χ2n) is 4.41. The van der Waals surface area contributed by atoms with Gasteiger partial charge in [-0.3, -0.25) is 0 Å². The summed E-state index contributed by atoms with van der Waals surface area (Å²) in [6.45, 7) is 5.71. The van der Waals surface area contributed by atoms with Crippen LogP contribution in [0.2, 0.25) is 0 Å². The molecule has 3 nitrogen and oxygen atoms in total. The van der Waals surface area contributed by atoms with Crippen molar-refractivity contribution < 1.29 is 0 Å². The number of hydrogen-bond donors (Lipinski definition) is 2. The molecule has 0 unspecified atom stereocenters. The summed E-state index contributed by atoms with van der Waals surface area (Å²) in [5.74, 6) is 0. The lowest BCUT2D eigenvalue weighted by molar-refractivity contribution is 0.405. The van der Waals surface area contributed by atoms with Gasteiger partial charge in [-0.1, -0.05) is 13.8 Å². The van der Waals surface area contributed by atoms with Crippen molar-refractivity contribution in [3.05, 3.63) is 29.8 Å². The van der Waals surface area contributed by atoms with Crippen LogP contribution in [0, 0.1) is 16.7 Å². The Labute approximate surface area is 90.9 Å². The van der Waals surface area contributed by atoms with E-state index in [1.54, 1.807) is 12.1 Å². The normalized spacial score (nSPS) is 10.8. The number of hydrogen-bond acceptors (Lipinski definition) is 3. The van der Waals surface area contributed by atoms with Crippen molar-refractivity contribution in [3.63, 3.8) is 0 Å². The van der Waals surface area contributed by atoms with Gasteiger partial charge in [0.25, 0.3) is 0 Å². The Morgan fingerprint density at radius 1 is 1.33 bits per heavy atom. The van der Waals surface area contributed by atoms with E-state index in [0.717, 1.165) is 12.2 Å². The van der Waals surface area contributed by atoms with E-state index in [0.29, 0.717) is 12.1 Å². The highest BCUT2D eigenvalue weighted by molar-refractivity contribution is 5.47. The van der Waals surface area contributed by atoms with Crippen molar-refractivity contribution >= 4 is 5.69 Å². The zero-order chi connectivity index (χ0) is 11.3.